The summed E-state index contributed by atoms with van der Waals surface area (Å²) in [7, 11) is 0. The van der Waals surface area contributed by atoms with Gasteiger partial charge in [0.2, 0.25) is 0 Å². The van der Waals surface area contributed by atoms with Gasteiger partial charge in [0.15, 0.2) is 12.6 Å². The Kier molecular flexibility index (Phi) is 8.34. The molecule has 174 valence electrons. The molecule has 2 fully saturated rings. The van der Waals surface area contributed by atoms with E-state index >= 15 is 0 Å². The summed E-state index contributed by atoms with van der Waals surface area (Å²) in [6, 6.07) is 8.07. The standard InChI is InChI=1S/C28H33NO4/c1-3-5-11-21(4-2)23-18-26(33-28-14-7-9-17-31-28)24(22-12-10-15-29-20-22)19-25(23)32-27-13-6-8-16-30-27/h3-5,10-12,15,18-20,27-28H,1,6-9,13-14,16-17H2,2H3/b11-5-,21-4+. The molecule has 0 saturated carbocycles. The average molecular weight is 448 g/mol. The Morgan fingerprint density at radius 1 is 1.03 bits per heavy atom. The molecule has 33 heavy (non-hydrogen) atoms. The topological polar surface area (TPSA) is 49.8 Å². The summed E-state index contributed by atoms with van der Waals surface area (Å²) in [5.41, 5.74) is 3.86. The Morgan fingerprint density at radius 2 is 1.76 bits per heavy atom. The molecule has 1 aromatic carbocycles. The van der Waals surface area contributed by atoms with Crippen molar-refractivity contribution in [3.05, 3.63) is 73.1 Å². The van der Waals surface area contributed by atoms with Crippen molar-refractivity contribution in [1.82, 2.24) is 4.98 Å². The molecule has 5 nitrogen and oxygen atoms in total. The van der Waals surface area contributed by atoms with E-state index in [9.17, 15) is 0 Å². The second kappa shape index (κ2) is 11.8. The number of allylic oxidation sites excluding steroid dienone is 5. The van der Waals surface area contributed by atoms with Crippen molar-refractivity contribution < 1.29 is 18.9 Å². The fourth-order valence-electron chi connectivity index (χ4n) is 4.13. The maximum absolute atomic E-state index is 6.43. The zero-order chi connectivity index (χ0) is 22.9. The number of rotatable bonds is 8. The SMILES string of the molecule is C=C/C=C\C(=C/C)c1cc(OC2CCCCO2)c(-c2cccnc2)cc1OC1CCCCO1. The molecule has 0 N–H and O–H groups in total. The fraction of sp³-hybridized carbons (Fsp3) is 0.393. The summed E-state index contributed by atoms with van der Waals surface area (Å²) in [6.45, 7) is 7.28. The Labute approximate surface area is 196 Å². The number of hydrogen-bond donors (Lipinski definition) is 0. The minimum atomic E-state index is -0.256. The number of nitrogens with zero attached hydrogens (tertiary/aromatic N) is 1. The summed E-state index contributed by atoms with van der Waals surface area (Å²) in [4.78, 5) is 4.32. The van der Waals surface area contributed by atoms with Crippen LogP contribution in [0.25, 0.3) is 16.7 Å². The van der Waals surface area contributed by atoms with E-state index < -0.39 is 0 Å². The van der Waals surface area contributed by atoms with Crippen molar-refractivity contribution in [1.29, 1.82) is 0 Å². The molecule has 0 bridgehead atoms. The Balaban J connectivity index is 1.79. The minimum Gasteiger partial charge on any atom is -0.464 e. The van der Waals surface area contributed by atoms with E-state index in [-0.39, 0.29) is 12.6 Å². The maximum Gasteiger partial charge on any atom is 0.199 e. The first-order chi connectivity index (χ1) is 16.3. The van der Waals surface area contributed by atoms with Crippen LogP contribution in [0.15, 0.2) is 67.5 Å². The van der Waals surface area contributed by atoms with Crippen LogP contribution in [0.4, 0.5) is 0 Å². The third-order valence-corrected chi connectivity index (χ3v) is 5.88. The highest BCUT2D eigenvalue weighted by Crippen LogP contribution is 2.41. The van der Waals surface area contributed by atoms with Gasteiger partial charge in [-0.1, -0.05) is 36.9 Å². The molecule has 2 saturated heterocycles. The van der Waals surface area contributed by atoms with Gasteiger partial charge < -0.3 is 18.9 Å². The monoisotopic (exact) mass is 447 g/mol. The summed E-state index contributed by atoms with van der Waals surface area (Å²) in [5.74, 6) is 1.52. The Hall–Kier alpha value is -2.89. The van der Waals surface area contributed by atoms with Crippen LogP contribution >= 0.6 is 0 Å². The Morgan fingerprint density at radius 3 is 2.33 bits per heavy atom. The second-order valence-corrected chi connectivity index (χ2v) is 8.25. The zero-order valence-electron chi connectivity index (χ0n) is 19.4. The van der Waals surface area contributed by atoms with Gasteiger partial charge in [0.05, 0.1) is 13.2 Å². The molecule has 2 atom stereocenters. The molecular weight excluding hydrogens is 414 g/mol. The van der Waals surface area contributed by atoms with Crippen molar-refractivity contribution in [3.63, 3.8) is 0 Å². The largest absolute Gasteiger partial charge is 0.464 e. The molecule has 2 aliphatic rings. The van der Waals surface area contributed by atoms with Crippen molar-refractivity contribution >= 4 is 5.57 Å². The van der Waals surface area contributed by atoms with Gasteiger partial charge in [-0.2, -0.15) is 0 Å². The van der Waals surface area contributed by atoms with Crippen molar-refractivity contribution in [2.45, 2.75) is 58.0 Å². The van der Waals surface area contributed by atoms with E-state index in [0.29, 0.717) is 0 Å². The molecule has 2 unspecified atom stereocenters. The molecule has 1 aromatic heterocycles. The molecule has 0 amide bonds. The number of benzene rings is 1. The van der Waals surface area contributed by atoms with Gasteiger partial charge in [-0.15, -0.1) is 0 Å². The molecule has 0 spiro atoms. The molecule has 3 heterocycles. The Bertz CT molecular complexity index is 971. The summed E-state index contributed by atoms with van der Waals surface area (Å²) < 4.78 is 24.6. The van der Waals surface area contributed by atoms with Crippen LogP contribution in [0.3, 0.4) is 0 Å². The van der Waals surface area contributed by atoms with Gasteiger partial charge in [0.1, 0.15) is 11.5 Å². The lowest BCUT2D eigenvalue weighted by Gasteiger charge is -2.28. The average Bonchev–Trinajstić information content (AvgIpc) is 2.87. The van der Waals surface area contributed by atoms with Crippen LogP contribution < -0.4 is 9.47 Å². The highest BCUT2D eigenvalue weighted by atomic mass is 16.7. The molecule has 2 aromatic rings. The number of pyridine rings is 1. The van der Waals surface area contributed by atoms with E-state index in [1.54, 1.807) is 12.3 Å². The molecule has 5 heteroatoms. The molecule has 0 aliphatic carbocycles. The predicted octanol–water partition coefficient (Wildman–Crippen LogP) is 6.70. The number of ether oxygens (including phenoxy) is 4. The highest BCUT2D eigenvalue weighted by Gasteiger charge is 2.23. The van der Waals surface area contributed by atoms with Crippen LogP contribution in [0.5, 0.6) is 11.5 Å². The van der Waals surface area contributed by atoms with Gasteiger partial charge in [0, 0.05) is 41.9 Å². The van der Waals surface area contributed by atoms with Crippen LogP contribution in [0.1, 0.15) is 51.0 Å². The van der Waals surface area contributed by atoms with Crippen molar-refractivity contribution in [2.75, 3.05) is 13.2 Å². The first-order valence-corrected chi connectivity index (χ1v) is 11.9. The van der Waals surface area contributed by atoms with E-state index in [1.807, 2.05) is 43.5 Å². The summed E-state index contributed by atoms with van der Waals surface area (Å²) in [6.07, 6.45) is 17.0. The van der Waals surface area contributed by atoms with E-state index in [0.717, 1.165) is 85.5 Å². The first-order valence-electron chi connectivity index (χ1n) is 11.9. The second-order valence-electron chi connectivity index (χ2n) is 8.25. The van der Waals surface area contributed by atoms with Crippen LogP contribution in [0, 0.1) is 0 Å². The smallest absolute Gasteiger partial charge is 0.199 e. The quantitative estimate of drug-likeness (QED) is 0.421. The number of aromatic nitrogens is 1. The maximum atomic E-state index is 6.43. The van der Waals surface area contributed by atoms with Crippen molar-refractivity contribution in [2.24, 2.45) is 0 Å². The van der Waals surface area contributed by atoms with Crippen molar-refractivity contribution in [3.8, 4) is 22.6 Å². The fourth-order valence-corrected chi connectivity index (χ4v) is 4.13. The van der Waals surface area contributed by atoms with Crippen LogP contribution in [-0.2, 0) is 9.47 Å². The summed E-state index contributed by atoms with van der Waals surface area (Å²) >= 11 is 0. The van der Waals surface area contributed by atoms with Crippen LogP contribution in [-0.4, -0.2) is 30.8 Å². The molecular formula is C28H33NO4. The third kappa shape index (κ3) is 6.12. The lowest BCUT2D eigenvalue weighted by molar-refractivity contribution is -0.107. The van der Waals surface area contributed by atoms with Gasteiger partial charge in [-0.05, 0) is 56.4 Å². The predicted molar refractivity (Wildman–Crippen MR) is 131 cm³/mol. The van der Waals surface area contributed by atoms with Gasteiger partial charge in [0.25, 0.3) is 0 Å². The summed E-state index contributed by atoms with van der Waals surface area (Å²) in [5, 5.41) is 0. The molecule has 2 aliphatic heterocycles. The first kappa shape index (κ1) is 23.3. The minimum absolute atomic E-state index is 0.255. The molecule has 0 radical (unpaired) electrons. The van der Waals surface area contributed by atoms with E-state index in [2.05, 4.69) is 23.7 Å². The normalized spacial score (nSPS) is 21.7. The lowest BCUT2D eigenvalue weighted by atomic mass is 9.97. The van der Waals surface area contributed by atoms with E-state index in [4.69, 9.17) is 18.9 Å². The van der Waals surface area contributed by atoms with Gasteiger partial charge >= 0.3 is 0 Å². The van der Waals surface area contributed by atoms with E-state index in [1.165, 1.54) is 0 Å². The number of hydrogen-bond acceptors (Lipinski definition) is 5. The van der Waals surface area contributed by atoms with Gasteiger partial charge in [-0.25, -0.2) is 0 Å². The van der Waals surface area contributed by atoms with Crippen LogP contribution in [0.2, 0.25) is 0 Å². The van der Waals surface area contributed by atoms with Gasteiger partial charge in [-0.3, -0.25) is 4.98 Å². The molecule has 4 rings (SSSR count). The zero-order valence-corrected chi connectivity index (χ0v) is 19.4. The highest BCUT2D eigenvalue weighted by molar-refractivity contribution is 5.83. The lowest BCUT2D eigenvalue weighted by Crippen LogP contribution is -2.26. The third-order valence-electron chi connectivity index (χ3n) is 5.88.